The van der Waals surface area contributed by atoms with Crippen LogP contribution in [0.2, 0.25) is 0 Å². The molecule has 147 heavy (non-hydrogen) atoms. The molecule has 0 spiro atoms. The van der Waals surface area contributed by atoms with Gasteiger partial charge in [-0.3, -0.25) is 112 Å². The Kier molecular flexibility index (Phi) is 55.0. The number of nitrogens with two attached hydrogens (primary N) is 3. The Labute approximate surface area is 845 Å². The number of hydrogen-bond donors (Lipinski definition) is 34. The minimum Gasteiger partial charge on any atom is -0.481 e. The van der Waals surface area contributed by atoms with Crippen LogP contribution in [0.5, 0.6) is 0 Å². The highest BCUT2D eigenvalue weighted by Crippen LogP contribution is 2.22. The number of aliphatic hydroxyl groups excluding tert-OH is 6. The lowest BCUT2D eigenvalue weighted by Gasteiger charge is -2.31. The van der Waals surface area contributed by atoms with Crippen molar-refractivity contribution in [3.8, 4) is 0 Å². The number of carbonyl (C=O) groups is 22. The van der Waals surface area contributed by atoms with Crippen LogP contribution in [0.1, 0.15) is 145 Å². The number of benzene rings is 2. The van der Waals surface area contributed by atoms with Gasteiger partial charge < -0.3 is 174 Å². The Morgan fingerprint density at radius 2 is 0.735 bits per heavy atom. The van der Waals surface area contributed by atoms with Gasteiger partial charge in [0.25, 0.3) is 0 Å². The van der Waals surface area contributed by atoms with Crippen molar-refractivity contribution in [1.82, 2.24) is 111 Å². The van der Waals surface area contributed by atoms with Gasteiger partial charge in [0.2, 0.25) is 112 Å². The topological polar surface area (TPSA) is 927 Å². The van der Waals surface area contributed by atoms with Crippen LogP contribution in [0.3, 0.4) is 0 Å². The number of aliphatic hydroxyl groups is 6. The zero-order valence-electron chi connectivity index (χ0n) is 83.1. The number of aliphatic carboxylic acids is 3. The second-order valence-corrected chi connectivity index (χ2v) is 35.7. The lowest BCUT2D eigenvalue weighted by Crippen LogP contribution is -2.63. The summed E-state index contributed by atoms with van der Waals surface area (Å²) in [5, 5.41) is 154. The Bertz CT molecular complexity index is 4870. The van der Waals surface area contributed by atoms with E-state index in [1.165, 1.54) is 43.0 Å². The van der Waals surface area contributed by atoms with Crippen LogP contribution in [0.4, 0.5) is 0 Å². The average Bonchev–Trinajstić information content (AvgIpc) is 1.52. The van der Waals surface area contributed by atoms with E-state index < -0.39 is 346 Å². The number of nitrogens with zero attached hydrogens (tertiary/aromatic N) is 1. The van der Waals surface area contributed by atoms with Gasteiger partial charge in [0.05, 0.1) is 70.6 Å². The number of hydrogen-bond acceptors (Lipinski definition) is 31. The highest BCUT2D eigenvalue weighted by Gasteiger charge is 2.44. The molecule has 818 valence electrons. The molecule has 57 nitrogen and oxygen atoms in total. The number of carbonyl (C=O) groups excluding carboxylic acids is 19. The van der Waals surface area contributed by atoms with E-state index in [-0.39, 0.29) is 64.6 Å². The third kappa shape index (κ3) is 44.7. The summed E-state index contributed by atoms with van der Waals surface area (Å²) in [5.74, 6) is -29.1. The molecule has 2 aromatic rings. The van der Waals surface area contributed by atoms with E-state index in [4.69, 9.17) is 28.0 Å². The molecule has 1 saturated heterocycles. The molecular formula is C90H142N26O31. The lowest BCUT2D eigenvalue weighted by atomic mass is 9.96. The maximum absolute atomic E-state index is 14.6. The van der Waals surface area contributed by atoms with Crippen LogP contribution in [0, 0.1) is 28.6 Å². The molecule has 37 N–H and O–H groups in total. The molecule has 0 unspecified atom stereocenters. The van der Waals surface area contributed by atoms with Gasteiger partial charge in [0, 0.05) is 32.5 Å². The van der Waals surface area contributed by atoms with Gasteiger partial charge in [-0.15, -0.1) is 0 Å². The van der Waals surface area contributed by atoms with Crippen LogP contribution >= 0.6 is 0 Å². The molecule has 2 aromatic carbocycles. The van der Waals surface area contributed by atoms with E-state index in [9.17, 15) is 151 Å². The molecule has 3 rings (SSSR count). The minimum atomic E-state index is -2.22. The number of amides is 19. The molecule has 57 heteroatoms. The Morgan fingerprint density at radius 1 is 0.388 bits per heavy atom. The SMILES string of the molecule is CC[C@H](C)[C@H](NC(=O)[C@@H](NC(=O)[C@H](CC(C)C)NC(=O)[C@@H](NC(=O)[C@H](Cc1ccccc1)NC(=O)[C@H](CC(=O)O)NC(=O)[C@@H](NC(=O)[C@H](CCCNC(=N)N)NC(=O)[C@H](CO)NC(=O)CNC(=O)[C@H](CO)NC(=O)CNC(=O)[C@H](CO)NC(=O)[C@H](Cc1ccccc1)NC(=O)[C@H](CCCNC(=N)N)NC(=O)[C@H](C)NC(=O)[C@@H]1CCCN1C(=O)[C@@H](NC(=O)CN)C(C)C)[C@@H](C)O)[C@@H](C)O)[C@@H](C)O)C(=O)N[C@@H](CC(=O)O)C(=O)O. The Morgan fingerprint density at radius 3 is 1.14 bits per heavy atom. The Balaban J connectivity index is 1.79. The first-order chi connectivity index (χ1) is 69.1. The van der Waals surface area contributed by atoms with Crippen LogP contribution in [-0.2, 0) is 118 Å². The average molecular weight is 2080 g/mol. The van der Waals surface area contributed by atoms with Crippen molar-refractivity contribution >= 4 is 142 Å². The third-order valence-electron chi connectivity index (χ3n) is 22.7. The zero-order chi connectivity index (χ0) is 111. The summed E-state index contributed by atoms with van der Waals surface area (Å²) >= 11 is 0. The van der Waals surface area contributed by atoms with Crippen molar-refractivity contribution in [2.75, 3.05) is 59.1 Å². The van der Waals surface area contributed by atoms with Gasteiger partial charge in [-0.1, -0.05) is 109 Å². The summed E-state index contributed by atoms with van der Waals surface area (Å²) in [7, 11) is 0. The molecule has 21 atom stereocenters. The number of likely N-dealkylation sites (tertiary alicyclic amines) is 1. The van der Waals surface area contributed by atoms with Gasteiger partial charge >= 0.3 is 17.9 Å². The van der Waals surface area contributed by atoms with Gasteiger partial charge in [0.1, 0.15) is 103 Å². The molecule has 1 aliphatic heterocycles. The summed E-state index contributed by atoms with van der Waals surface area (Å²) < 4.78 is 0. The fourth-order valence-corrected chi connectivity index (χ4v) is 14.5. The minimum absolute atomic E-state index is 0.0151. The fourth-order valence-electron chi connectivity index (χ4n) is 14.5. The van der Waals surface area contributed by atoms with Crippen LogP contribution < -0.4 is 124 Å². The predicted molar refractivity (Wildman–Crippen MR) is 517 cm³/mol. The smallest absolute Gasteiger partial charge is 0.326 e. The molecule has 0 saturated carbocycles. The monoisotopic (exact) mass is 2080 g/mol. The normalized spacial score (nSPS) is 16.2. The third-order valence-corrected chi connectivity index (χ3v) is 22.7. The maximum Gasteiger partial charge on any atom is 0.326 e. The van der Waals surface area contributed by atoms with Gasteiger partial charge in [0.15, 0.2) is 11.9 Å². The van der Waals surface area contributed by atoms with Gasteiger partial charge in [-0.05, 0) is 102 Å². The molecule has 0 radical (unpaired) electrons. The molecule has 1 aliphatic rings. The first-order valence-corrected chi connectivity index (χ1v) is 47.3. The van der Waals surface area contributed by atoms with Crippen LogP contribution in [0.15, 0.2) is 60.7 Å². The summed E-state index contributed by atoms with van der Waals surface area (Å²) in [6.45, 7) is 8.00. The van der Waals surface area contributed by atoms with E-state index >= 15 is 0 Å². The van der Waals surface area contributed by atoms with E-state index in [2.05, 4.69) is 106 Å². The zero-order valence-corrected chi connectivity index (χ0v) is 83.1. The van der Waals surface area contributed by atoms with Crippen molar-refractivity contribution < 1.29 is 151 Å². The van der Waals surface area contributed by atoms with Crippen LogP contribution in [-0.4, -0.2) is 373 Å². The largest absolute Gasteiger partial charge is 0.481 e. The van der Waals surface area contributed by atoms with E-state index in [1.54, 1.807) is 71.0 Å². The summed E-state index contributed by atoms with van der Waals surface area (Å²) in [6.07, 6.45) is -8.81. The first-order valence-electron chi connectivity index (χ1n) is 47.3. The molecule has 0 bridgehead atoms. The van der Waals surface area contributed by atoms with Crippen LogP contribution in [0.25, 0.3) is 0 Å². The summed E-state index contributed by atoms with van der Waals surface area (Å²) in [6, 6.07) is -13.9. The van der Waals surface area contributed by atoms with Crippen molar-refractivity contribution in [1.29, 1.82) is 10.8 Å². The molecule has 1 fully saturated rings. The maximum atomic E-state index is 14.6. The van der Waals surface area contributed by atoms with Gasteiger partial charge in [-0.2, -0.15) is 0 Å². The summed E-state index contributed by atoms with van der Waals surface area (Å²) in [5.41, 5.74) is 17.1. The highest BCUT2D eigenvalue weighted by atomic mass is 16.4. The number of nitrogens with one attached hydrogen (secondary N) is 22. The number of guanidine groups is 2. The van der Waals surface area contributed by atoms with E-state index in [0.29, 0.717) is 17.5 Å². The van der Waals surface area contributed by atoms with Gasteiger partial charge in [-0.25, -0.2) is 4.79 Å². The lowest BCUT2D eigenvalue weighted by molar-refractivity contribution is -0.147. The van der Waals surface area contributed by atoms with Crippen molar-refractivity contribution in [3.63, 3.8) is 0 Å². The number of carboxylic acid groups (broad SMARTS) is 3. The molecule has 1 heterocycles. The summed E-state index contributed by atoms with van der Waals surface area (Å²) in [4.78, 5) is 300. The second kappa shape index (κ2) is 64.0. The number of rotatable bonds is 65. The quantitative estimate of drug-likeness (QED) is 0.0166. The fraction of sp³-hybridized carbons (Fsp3) is 0.600. The van der Waals surface area contributed by atoms with Crippen molar-refractivity contribution in [3.05, 3.63) is 71.8 Å². The second-order valence-electron chi connectivity index (χ2n) is 35.7. The molecule has 0 aromatic heterocycles. The number of carboxylic acids is 3. The molecule has 0 aliphatic carbocycles. The molecular weight excluding hydrogens is 1940 g/mol. The Hall–Kier alpha value is -15.0. The van der Waals surface area contributed by atoms with Crippen molar-refractivity contribution in [2.45, 2.75) is 267 Å². The first kappa shape index (κ1) is 126. The molecule has 19 amide bonds. The van der Waals surface area contributed by atoms with E-state index in [1.807, 2.05) is 0 Å². The standard InChI is InChI=1S/C90H142N26O31/c1-11-44(6)68(83(141)109-57(88(146)147)35-66(128)129)112-86(144)71(48(10)122)115-79(137)53(31-42(2)3)107-84(142)70(47(9)121)114-80(138)55(33-50-23-16-13-17-24-50)106-78(136)56(34-65(126)127)108-85(143)69(46(8)120)113-76(134)52(26-19-29-97-90(94)95)104-81(139)60(41-119)102-64(125)38-98-73(131)58(39-117)101-63(124)37-99-74(132)59(40-118)110-77(135)54(32-49-21-14-12-15-22-49)105-75(133)51(25-18-28-96-89(92)93)103-72(130)45(7)100-82(140)61-27-20-30-116(61)87(145)67(43(4)5)111-62(123)36-91/h12-17,21-24,42-48,51-61,67-71,117-122H,11,18-20,25-41,91H2,1-10H3,(H,98,131)(H,99,132)(H,100,140)(H,101,124)(H,102,125)(H,103,130)(H,104,139)(H,105,133)(H,106,136)(H,107,142)(H,108,143)(H,109,141)(H,110,135)(H,111,123)(H,112,144)(H,113,134)(H,114,138)(H,115,137)(H,126,127)(H,128,129)(H,146,147)(H4,92,93,96)(H4,94,95,97)/t44-,45-,46+,47+,48+,51-,52-,53-,54-,55-,56-,57-,58-,59-,60-,61-,67-,68-,69-,70-,71-/m0/s1. The highest BCUT2D eigenvalue weighted by molar-refractivity contribution is 6.03. The predicted octanol–water partition coefficient (Wildman–Crippen LogP) is -13.1. The van der Waals surface area contributed by atoms with E-state index in [0.717, 1.165) is 20.8 Å². The van der Waals surface area contributed by atoms with Crippen molar-refractivity contribution in [2.24, 2.45) is 35.0 Å².